The fourth-order valence-electron chi connectivity index (χ4n) is 5.08. The van der Waals surface area contributed by atoms with Crippen LogP contribution in [0.25, 0.3) is 43.4 Å². The molecule has 0 unspecified atom stereocenters. The normalized spacial score (nSPS) is 11.8. The van der Waals surface area contributed by atoms with Gasteiger partial charge in [-0.1, -0.05) is 98.3 Å². The minimum atomic E-state index is 0.129. The van der Waals surface area contributed by atoms with Crippen molar-refractivity contribution < 1.29 is 0 Å². The van der Waals surface area contributed by atoms with E-state index >= 15 is 0 Å². The summed E-state index contributed by atoms with van der Waals surface area (Å²) in [6.45, 7) is 2.25. The summed E-state index contributed by atoms with van der Waals surface area (Å²) >= 11 is 0. The highest BCUT2D eigenvalue weighted by molar-refractivity contribution is 6.08. The van der Waals surface area contributed by atoms with Crippen LogP contribution in [0.4, 0.5) is 0 Å². The van der Waals surface area contributed by atoms with Crippen LogP contribution < -0.4 is 0 Å². The van der Waals surface area contributed by atoms with Crippen molar-refractivity contribution in [1.29, 1.82) is 0 Å². The Bertz CT molecular complexity index is 1480. The van der Waals surface area contributed by atoms with Crippen LogP contribution in [0.2, 0.25) is 0 Å². The molecule has 0 saturated heterocycles. The standard InChI is InChI=1S/C30H24N2/c1-2-11-26(29-24-16-5-3-12-20(24)22-14-7-9-18-27(22)31-29)30-25-17-6-4-13-21(25)23-15-8-10-19-28(23)32-30/h3-10,12-19,26H,2,11H2,1H3. The zero-order valence-electron chi connectivity index (χ0n) is 18.1. The third-order valence-electron chi connectivity index (χ3n) is 6.51. The first-order valence-corrected chi connectivity index (χ1v) is 11.4. The number of fused-ring (bicyclic) bond motifs is 6. The molecule has 0 saturated carbocycles. The maximum Gasteiger partial charge on any atom is 0.0712 e. The maximum atomic E-state index is 5.25. The molecule has 0 radical (unpaired) electrons. The molecule has 32 heavy (non-hydrogen) atoms. The molecule has 2 heterocycles. The van der Waals surface area contributed by atoms with Gasteiger partial charge >= 0.3 is 0 Å². The van der Waals surface area contributed by atoms with Crippen LogP contribution in [0.3, 0.4) is 0 Å². The Morgan fingerprint density at radius 3 is 1.31 bits per heavy atom. The number of hydrogen-bond acceptors (Lipinski definition) is 2. The Morgan fingerprint density at radius 2 is 0.875 bits per heavy atom. The van der Waals surface area contributed by atoms with Gasteiger partial charge in [-0.25, -0.2) is 0 Å². The van der Waals surface area contributed by atoms with Crippen molar-refractivity contribution in [2.75, 3.05) is 0 Å². The molecular weight excluding hydrogens is 388 g/mol. The molecule has 0 N–H and O–H groups in total. The number of benzene rings is 4. The third kappa shape index (κ3) is 2.95. The van der Waals surface area contributed by atoms with E-state index in [-0.39, 0.29) is 5.92 Å². The Kier molecular flexibility index (Phi) is 4.57. The van der Waals surface area contributed by atoms with Crippen molar-refractivity contribution >= 4 is 43.4 Å². The van der Waals surface area contributed by atoms with E-state index < -0.39 is 0 Å². The zero-order chi connectivity index (χ0) is 21.5. The summed E-state index contributed by atoms with van der Waals surface area (Å²) in [5.74, 6) is 0.129. The Balaban J connectivity index is 1.72. The van der Waals surface area contributed by atoms with E-state index in [2.05, 4.69) is 104 Å². The van der Waals surface area contributed by atoms with Crippen LogP contribution in [0, 0.1) is 0 Å². The minimum Gasteiger partial charge on any atom is -0.251 e. The second-order valence-electron chi connectivity index (χ2n) is 8.46. The first-order chi connectivity index (χ1) is 15.8. The van der Waals surface area contributed by atoms with E-state index in [1.165, 1.54) is 32.3 Å². The number of pyridine rings is 2. The molecule has 2 heteroatoms. The van der Waals surface area contributed by atoms with Crippen LogP contribution in [0.5, 0.6) is 0 Å². The second kappa shape index (κ2) is 7.72. The largest absolute Gasteiger partial charge is 0.251 e. The predicted molar refractivity (Wildman–Crippen MR) is 135 cm³/mol. The average Bonchev–Trinajstić information content (AvgIpc) is 2.86. The highest BCUT2D eigenvalue weighted by Gasteiger charge is 2.23. The highest BCUT2D eigenvalue weighted by Crippen LogP contribution is 2.39. The summed E-state index contributed by atoms with van der Waals surface area (Å²) in [7, 11) is 0. The molecule has 0 aliphatic carbocycles. The number of para-hydroxylation sites is 2. The molecule has 0 aliphatic rings. The molecular formula is C30H24N2. The molecule has 0 spiro atoms. The van der Waals surface area contributed by atoms with Crippen LogP contribution in [0.1, 0.15) is 37.1 Å². The number of hydrogen-bond donors (Lipinski definition) is 0. The summed E-state index contributed by atoms with van der Waals surface area (Å²) in [6, 6.07) is 34.3. The van der Waals surface area contributed by atoms with E-state index in [4.69, 9.17) is 9.97 Å². The van der Waals surface area contributed by atoms with Crippen LogP contribution in [-0.4, -0.2) is 9.97 Å². The van der Waals surface area contributed by atoms with Gasteiger partial charge in [0.25, 0.3) is 0 Å². The molecule has 2 nitrogen and oxygen atoms in total. The smallest absolute Gasteiger partial charge is 0.0712 e. The zero-order valence-corrected chi connectivity index (χ0v) is 18.1. The molecule has 0 bridgehead atoms. The van der Waals surface area contributed by atoms with Gasteiger partial charge in [-0.2, -0.15) is 0 Å². The summed E-state index contributed by atoms with van der Waals surface area (Å²) in [4.78, 5) is 10.5. The quantitative estimate of drug-likeness (QED) is 0.274. The van der Waals surface area contributed by atoms with Gasteiger partial charge in [-0.05, 0) is 29.3 Å². The van der Waals surface area contributed by atoms with Gasteiger partial charge in [-0.15, -0.1) is 0 Å². The Labute approximate surface area is 187 Å². The monoisotopic (exact) mass is 412 g/mol. The van der Waals surface area contributed by atoms with Crippen LogP contribution in [0.15, 0.2) is 97.1 Å². The molecule has 0 aliphatic heterocycles. The van der Waals surface area contributed by atoms with Gasteiger partial charge in [0.05, 0.1) is 22.4 Å². The van der Waals surface area contributed by atoms with Crippen LogP contribution >= 0.6 is 0 Å². The van der Waals surface area contributed by atoms with E-state index in [0.717, 1.165) is 35.3 Å². The number of rotatable bonds is 4. The van der Waals surface area contributed by atoms with Crippen molar-refractivity contribution in [1.82, 2.24) is 9.97 Å². The second-order valence-corrected chi connectivity index (χ2v) is 8.46. The van der Waals surface area contributed by atoms with E-state index in [0.29, 0.717) is 0 Å². The third-order valence-corrected chi connectivity index (χ3v) is 6.51. The van der Waals surface area contributed by atoms with Crippen molar-refractivity contribution in [2.24, 2.45) is 0 Å². The summed E-state index contributed by atoms with van der Waals surface area (Å²) in [5, 5.41) is 7.39. The Morgan fingerprint density at radius 1 is 0.500 bits per heavy atom. The lowest BCUT2D eigenvalue weighted by Gasteiger charge is -2.21. The van der Waals surface area contributed by atoms with Gasteiger partial charge in [0, 0.05) is 27.5 Å². The molecule has 6 rings (SSSR count). The lowest BCUT2D eigenvalue weighted by molar-refractivity contribution is 0.678. The number of nitrogens with zero attached hydrogens (tertiary/aromatic N) is 2. The van der Waals surface area contributed by atoms with Gasteiger partial charge in [0.1, 0.15) is 0 Å². The minimum absolute atomic E-state index is 0.129. The molecule has 0 atom stereocenters. The van der Waals surface area contributed by atoms with Crippen LogP contribution in [-0.2, 0) is 0 Å². The molecule has 0 fully saturated rings. The summed E-state index contributed by atoms with van der Waals surface area (Å²) in [6.07, 6.45) is 2.07. The summed E-state index contributed by atoms with van der Waals surface area (Å²) < 4.78 is 0. The first-order valence-electron chi connectivity index (χ1n) is 11.4. The topological polar surface area (TPSA) is 25.8 Å². The van der Waals surface area contributed by atoms with E-state index in [1.54, 1.807) is 0 Å². The highest BCUT2D eigenvalue weighted by atomic mass is 14.8. The molecule has 6 aromatic rings. The molecule has 4 aromatic carbocycles. The molecule has 0 amide bonds. The van der Waals surface area contributed by atoms with E-state index in [9.17, 15) is 0 Å². The maximum absolute atomic E-state index is 5.25. The van der Waals surface area contributed by atoms with Gasteiger partial charge in [-0.3, -0.25) is 9.97 Å². The van der Waals surface area contributed by atoms with Crippen molar-refractivity contribution in [3.8, 4) is 0 Å². The van der Waals surface area contributed by atoms with Crippen molar-refractivity contribution in [2.45, 2.75) is 25.7 Å². The predicted octanol–water partition coefficient (Wildman–Crippen LogP) is 8.02. The lowest BCUT2D eigenvalue weighted by Crippen LogP contribution is -2.08. The van der Waals surface area contributed by atoms with Crippen molar-refractivity contribution in [3.63, 3.8) is 0 Å². The molecule has 154 valence electrons. The van der Waals surface area contributed by atoms with Gasteiger partial charge < -0.3 is 0 Å². The number of aromatic nitrogens is 2. The fraction of sp³-hybridized carbons (Fsp3) is 0.133. The van der Waals surface area contributed by atoms with Crippen molar-refractivity contribution in [3.05, 3.63) is 108 Å². The van der Waals surface area contributed by atoms with Gasteiger partial charge in [0.15, 0.2) is 0 Å². The summed E-state index contributed by atoms with van der Waals surface area (Å²) in [5.41, 5.74) is 4.36. The first kappa shape index (κ1) is 18.9. The Hall–Kier alpha value is -3.78. The SMILES string of the molecule is CCCC(c1nc2ccccc2c2ccccc12)c1nc2ccccc2c2ccccc12. The lowest BCUT2D eigenvalue weighted by atomic mass is 9.87. The fourth-order valence-corrected chi connectivity index (χ4v) is 5.08. The average molecular weight is 413 g/mol. The van der Waals surface area contributed by atoms with E-state index in [1.807, 2.05) is 0 Å². The van der Waals surface area contributed by atoms with Gasteiger partial charge in [0.2, 0.25) is 0 Å². The molecule has 2 aromatic heterocycles.